The fraction of sp³-hybridized carbons (Fsp3) is 0.556. The Morgan fingerprint density at radius 2 is 2.08 bits per heavy atom. The molecule has 0 bridgehead atoms. The third kappa shape index (κ3) is 3.15. The van der Waals surface area contributed by atoms with Gasteiger partial charge in [-0.1, -0.05) is 26.0 Å². The van der Waals surface area contributed by atoms with E-state index in [1.165, 1.54) is 19.2 Å². The Labute approximate surface area is 141 Å². The second-order valence-electron chi connectivity index (χ2n) is 6.62. The van der Waals surface area contributed by atoms with E-state index < -0.39 is 22.7 Å². The summed E-state index contributed by atoms with van der Waals surface area (Å²) >= 11 is 0. The molecule has 1 saturated carbocycles. The van der Waals surface area contributed by atoms with Crippen LogP contribution in [0.3, 0.4) is 0 Å². The van der Waals surface area contributed by atoms with Crippen LogP contribution in [-0.2, 0) is 25.5 Å². The van der Waals surface area contributed by atoms with Gasteiger partial charge < -0.3 is 14.8 Å². The highest BCUT2D eigenvalue weighted by atomic mass is 19.1. The number of methoxy groups -OCH3 is 1. The molecule has 1 fully saturated rings. The molecule has 0 heterocycles. The quantitative estimate of drug-likeness (QED) is 0.809. The van der Waals surface area contributed by atoms with Crippen molar-refractivity contribution in [1.82, 2.24) is 5.32 Å². The van der Waals surface area contributed by atoms with Gasteiger partial charge in [0.25, 0.3) is 0 Å². The summed E-state index contributed by atoms with van der Waals surface area (Å²) in [5, 5.41) is 2.81. The molecule has 0 spiro atoms. The fourth-order valence-electron chi connectivity index (χ4n) is 3.31. The van der Waals surface area contributed by atoms with E-state index >= 15 is 0 Å². The van der Waals surface area contributed by atoms with Gasteiger partial charge in [-0.3, -0.25) is 4.79 Å². The highest BCUT2D eigenvalue weighted by Gasteiger charge is 2.66. The van der Waals surface area contributed by atoms with Crippen LogP contribution in [-0.4, -0.2) is 37.2 Å². The first-order chi connectivity index (χ1) is 11.3. The second kappa shape index (κ2) is 6.89. The van der Waals surface area contributed by atoms with Crippen molar-refractivity contribution >= 4 is 11.9 Å². The first kappa shape index (κ1) is 18.4. The van der Waals surface area contributed by atoms with E-state index in [4.69, 9.17) is 9.47 Å². The predicted octanol–water partition coefficient (Wildman–Crippen LogP) is 2.23. The Hall–Kier alpha value is -1.95. The van der Waals surface area contributed by atoms with Gasteiger partial charge in [0.2, 0.25) is 5.91 Å². The van der Waals surface area contributed by atoms with Gasteiger partial charge >= 0.3 is 5.97 Å². The second-order valence-corrected chi connectivity index (χ2v) is 6.62. The highest BCUT2D eigenvalue weighted by Crippen LogP contribution is 2.52. The van der Waals surface area contributed by atoms with Crippen molar-refractivity contribution in [3.8, 4) is 0 Å². The van der Waals surface area contributed by atoms with Crippen LogP contribution in [0.25, 0.3) is 0 Å². The van der Waals surface area contributed by atoms with Gasteiger partial charge in [-0.05, 0) is 24.6 Å². The molecule has 0 radical (unpaired) electrons. The minimum absolute atomic E-state index is 0.00805. The molecule has 6 heteroatoms. The molecule has 2 rings (SSSR count). The van der Waals surface area contributed by atoms with Crippen LogP contribution in [0, 0.1) is 11.2 Å². The van der Waals surface area contributed by atoms with Crippen molar-refractivity contribution in [1.29, 1.82) is 0 Å². The van der Waals surface area contributed by atoms with Crippen LogP contribution in [0.5, 0.6) is 0 Å². The van der Waals surface area contributed by atoms with E-state index in [0.717, 1.165) is 0 Å². The summed E-state index contributed by atoms with van der Waals surface area (Å²) in [6.07, 6.45) is 0.206. The van der Waals surface area contributed by atoms with E-state index in [2.05, 4.69) is 5.32 Å². The zero-order chi connectivity index (χ0) is 18.0. The van der Waals surface area contributed by atoms with E-state index in [1.54, 1.807) is 12.1 Å². The first-order valence-electron chi connectivity index (χ1n) is 8.02. The number of amides is 1. The number of rotatable bonds is 6. The molecule has 5 nitrogen and oxygen atoms in total. The van der Waals surface area contributed by atoms with Crippen LogP contribution in [0.4, 0.5) is 4.39 Å². The van der Waals surface area contributed by atoms with E-state index in [0.29, 0.717) is 18.6 Å². The number of esters is 1. The number of benzene rings is 1. The Morgan fingerprint density at radius 1 is 1.38 bits per heavy atom. The highest BCUT2D eigenvalue weighted by molar-refractivity contribution is 5.91. The third-order valence-corrected chi connectivity index (χ3v) is 4.90. The van der Waals surface area contributed by atoms with Crippen molar-refractivity contribution in [2.45, 2.75) is 45.3 Å². The van der Waals surface area contributed by atoms with Crippen LogP contribution in [0.1, 0.15) is 32.8 Å². The average Bonchev–Trinajstić information content (AvgIpc) is 2.52. The largest absolute Gasteiger partial charge is 0.467 e. The topological polar surface area (TPSA) is 64.6 Å². The van der Waals surface area contributed by atoms with E-state index in [9.17, 15) is 14.0 Å². The molecule has 132 valence electrons. The van der Waals surface area contributed by atoms with E-state index in [-0.39, 0.29) is 18.4 Å². The predicted molar refractivity (Wildman–Crippen MR) is 86.8 cm³/mol. The molecule has 1 amide bonds. The zero-order valence-corrected chi connectivity index (χ0v) is 14.5. The molecular formula is C18H24FNO4. The fourth-order valence-corrected chi connectivity index (χ4v) is 3.31. The van der Waals surface area contributed by atoms with Crippen LogP contribution < -0.4 is 5.32 Å². The van der Waals surface area contributed by atoms with Gasteiger partial charge in [-0.2, -0.15) is 0 Å². The molecule has 1 aliphatic rings. The lowest BCUT2D eigenvalue weighted by Gasteiger charge is -2.58. The molecule has 1 aromatic carbocycles. The molecular weight excluding hydrogens is 313 g/mol. The van der Waals surface area contributed by atoms with Gasteiger partial charge in [0.15, 0.2) is 0 Å². The SMILES string of the molecule is CCO[C@@H]1C[C@@](NC(=O)Cc2cccc(F)c2)(C(=O)OC)C1(C)C. The Kier molecular flexibility index (Phi) is 5.28. The molecule has 2 atom stereocenters. The number of carbonyl (C=O) groups excluding carboxylic acids is 2. The minimum atomic E-state index is -1.13. The molecule has 0 aliphatic heterocycles. The lowest BCUT2D eigenvalue weighted by molar-refractivity contribution is -0.197. The third-order valence-electron chi connectivity index (χ3n) is 4.90. The maximum atomic E-state index is 13.3. The standard InChI is InChI=1S/C18H24FNO4/c1-5-24-14-11-18(16(22)23-4,17(14,2)3)20-15(21)10-12-7-6-8-13(19)9-12/h6-9,14H,5,10-11H2,1-4H3,(H,20,21)/t14-,18-/m1/s1. The van der Waals surface area contributed by atoms with Crippen molar-refractivity contribution < 1.29 is 23.5 Å². The summed E-state index contributed by atoms with van der Waals surface area (Å²) in [6.45, 7) is 6.16. The Bertz CT molecular complexity index is 631. The monoisotopic (exact) mass is 337 g/mol. The maximum absolute atomic E-state index is 13.3. The van der Waals surface area contributed by atoms with Crippen LogP contribution in [0.15, 0.2) is 24.3 Å². The number of hydrogen-bond donors (Lipinski definition) is 1. The van der Waals surface area contributed by atoms with Crippen LogP contribution >= 0.6 is 0 Å². The average molecular weight is 337 g/mol. The summed E-state index contributed by atoms with van der Waals surface area (Å²) in [7, 11) is 1.30. The lowest BCUT2D eigenvalue weighted by Crippen LogP contribution is -2.76. The minimum Gasteiger partial charge on any atom is -0.467 e. The summed E-state index contributed by atoms with van der Waals surface area (Å²) in [5.41, 5.74) is -1.19. The summed E-state index contributed by atoms with van der Waals surface area (Å²) in [5.74, 6) is -1.24. The van der Waals surface area contributed by atoms with Crippen molar-refractivity contribution in [3.63, 3.8) is 0 Å². The molecule has 24 heavy (non-hydrogen) atoms. The van der Waals surface area contributed by atoms with Gasteiger partial charge in [0.05, 0.1) is 19.6 Å². The lowest BCUT2D eigenvalue weighted by atomic mass is 9.54. The van der Waals surface area contributed by atoms with Crippen molar-refractivity contribution in [2.24, 2.45) is 5.41 Å². The molecule has 0 unspecified atom stereocenters. The molecule has 0 saturated heterocycles. The first-order valence-corrected chi connectivity index (χ1v) is 8.02. The van der Waals surface area contributed by atoms with E-state index in [1.807, 2.05) is 20.8 Å². The summed E-state index contributed by atoms with van der Waals surface area (Å²) in [4.78, 5) is 24.8. The van der Waals surface area contributed by atoms with Gasteiger partial charge in [-0.15, -0.1) is 0 Å². The number of carbonyl (C=O) groups is 2. The smallest absolute Gasteiger partial charge is 0.332 e. The number of halogens is 1. The Balaban J connectivity index is 2.16. The number of ether oxygens (including phenoxy) is 2. The summed E-state index contributed by atoms with van der Waals surface area (Å²) < 4.78 is 23.8. The zero-order valence-electron chi connectivity index (χ0n) is 14.5. The number of hydrogen-bond acceptors (Lipinski definition) is 4. The van der Waals surface area contributed by atoms with Gasteiger partial charge in [0.1, 0.15) is 11.4 Å². The van der Waals surface area contributed by atoms with Gasteiger partial charge in [-0.25, -0.2) is 9.18 Å². The van der Waals surface area contributed by atoms with Crippen molar-refractivity contribution in [2.75, 3.05) is 13.7 Å². The molecule has 1 N–H and O–H groups in total. The number of nitrogens with one attached hydrogen (secondary N) is 1. The molecule has 1 aliphatic carbocycles. The Morgan fingerprint density at radius 3 is 2.62 bits per heavy atom. The normalized spacial score (nSPS) is 24.8. The van der Waals surface area contributed by atoms with Gasteiger partial charge in [0, 0.05) is 18.4 Å². The summed E-state index contributed by atoms with van der Waals surface area (Å²) in [6, 6.07) is 5.84. The van der Waals surface area contributed by atoms with Crippen molar-refractivity contribution in [3.05, 3.63) is 35.6 Å². The molecule has 0 aromatic heterocycles. The maximum Gasteiger partial charge on any atom is 0.332 e. The van der Waals surface area contributed by atoms with Crippen LogP contribution in [0.2, 0.25) is 0 Å². The molecule has 1 aromatic rings.